The van der Waals surface area contributed by atoms with E-state index in [1.165, 1.54) is 24.3 Å². The fraction of sp³-hybridized carbons (Fsp3) is 0.269. The number of sulfonamides is 1. The highest BCUT2D eigenvalue weighted by molar-refractivity contribution is 7.92. The van der Waals surface area contributed by atoms with Crippen molar-refractivity contribution in [2.45, 2.75) is 23.8 Å². The molecule has 2 aliphatic heterocycles. The SMILES string of the molecule is N#Cc1ccccc1S(=O)(=O)Nc1ccc2n(c1=O)CC1CC2CN(C(=O)COc2ccccc2)C1. The maximum absolute atomic E-state index is 13.3. The van der Waals surface area contributed by atoms with Crippen LogP contribution in [0.5, 0.6) is 5.75 Å². The van der Waals surface area contributed by atoms with Gasteiger partial charge in [-0.1, -0.05) is 30.3 Å². The number of nitriles is 1. The Balaban J connectivity index is 1.34. The molecule has 0 spiro atoms. The van der Waals surface area contributed by atoms with Crippen LogP contribution < -0.4 is 15.0 Å². The maximum Gasteiger partial charge on any atom is 0.275 e. The number of hydrogen-bond donors (Lipinski definition) is 1. The largest absolute Gasteiger partial charge is 0.484 e. The van der Waals surface area contributed by atoms with Crippen LogP contribution in [0.4, 0.5) is 5.69 Å². The number of rotatable bonds is 6. The van der Waals surface area contributed by atoms with E-state index < -0.39 is 15.6 Å². The Kier molecular flexibility index (Phi) is 6.24. The lowest BCUT2D eigenvalue weighted by atomic mass is 9.83. The van der Waals surface area contributed by atoms with Crippen molar-refractivity contribution < 1.29 is 17.9 Å². The lowest BCUT2D eigenvalue weighted by molar-refractivity contribution is -0.136. The zero-order valence-corrected chi connectivity index (χ0v) is 20.1. The van der Waals surface area contributed by atoms with Gasteiger partial charge in [0.25, 0.3) is 21.5 Å². The molecule has 3 aromatic rings. The Morgan fingerprint density at radius 1 is 1.03 bits per heavy atom. The molecule has 2 aliphatic rings. The summed E-state index contributed by atoms with van der Waals surface area (Å²) in [4.78, 5) is 27.7. The van der Waals surface area contributed by atoms with Crippen molar-refractivity contribution in [1.29, 1.82) is 5.26 Å². The minimum Gasteiger partial charge on any atom is -0.484 e. The van der Waals surface area contributed by atoms with Crippen LogP contribution in [0.3, 0.4) is 0 Å². The molecule has 1 aromatic heterocycles. The molecule has 1 N–H and O–H groups in total. The van der Waals surface area contributed by atoms with Gasteiger partial charge in [-0.3, -0.25) is 14.3 Å². The van der Waals surface area contributed by atoms with Gasteiger partial charge in [-0.15, -0.1) is 0 Å². The number of anilines is 1. The number of nitrogens with zero attached hydrogens (tertiary/aromatic N) is 3. The lowest BCUT2D eigenvalue weighted by Crippen LogP contribution is -2.50. The number of benzene rings is 2. The number of pyridine rings is 1. The molecule has 5 rings (SSSR count). The number of ether oxygens (including phenoxy) is 1. The quantitative estimate of drug-likeness (QED) is 0.551. The zero-order valence-electron chi connectivity index (χ0n) is 19.3. The van der Waals surface area contributed by atoms with E-state index in [1.807, 2.05) is 24.3 Å². The van der Waals surface area contributed by atoms with Crippen LogP contribution in [0, 0.1) is 17.2 Å². The smallest absolute Gasteiger partial charge is 0.275 e. The number of carbonyl (C=O) groups excluding carboxylic acids is 1. The van der Waals surface area contributed by atoms with Crippen LogP contribution in [0.1, 0.15) is 23.6 Å². The molecule has 2 atom stereocenters. The monoisotopic (exact) mass is 504 g/mol. The van der Waals surface area contributed by atoms with Gasteiger partial charge < -0.3 is 14.2 Å². The average Bonchev–Trinajstić information content (AvgIpc) is 2.89. The summed E-state index contributed by atoms with van der Waals surface area (Å²) >= 11 is 0. The van der Waals surface area contributed by atoms with E-state index in [0.717, 1.165) is 12.1 Å². The second kappa shape index (κ2) is 9.51. The Morgan fingerprint density at radius 2 is 1.78 bits per heavy atom. The first-order valence-electron chi connectivity index (χ1n) is 11.6. The molecule has 0 aliphatic carbocycles. The Labute approximate surface area is 208 Å². The molecule has 1 saturated heterocycles. The van der Waals surface area contributed by atoms with Crippen LogP contribution >= 0.6 is 0 Å². The van der Waals surface area contributed by atoms with Crippen LogP contribution in [0.25, 0.3) is 0 Å². The maximum atomic E-state index is 13.3. The predicted octanol–water partition coefficient (Wildman–Crippen LogP) is 2.55. The topological polar surface area (TPSA) is 121 Å². The number of fused-ring (bicyclic) bond motifs is 4. The van der Waals surface area contributed by atoms with Crippen LogP contribution in [-0.4, -0.2) is 43.5 Å². The third kappa shape index (κ3) is 4.57. The number of amides is 1. The summed E-state index contributed by atoms with van der Waals surface area (Å²) in [6.07, 6.45) is 0.851. The first kappa shape index (κ1) is 23.6. The molecule has 9 nitrogen and oxygen atoms in total. The summed E-state index contributed by atoms with van der Waals surface area (Å²) in [7, 11) is -4.13. The molecule has 184 valence electrons. The first-order valence-corrected chi connectivity index (χ1v) is 13.1. The van der Waals surface area contributed by atoms with Gasteiger partial charge >= 0.3 is 0 Å². The van der Waals surface area contributed by atoms with Crippen molar-refractivity contribution in [3.63, 3.8) is 0 Å². The van der Waals surface area contributed by atoms with Gasteiger partial charge in [-0.05, 0) is 48.7 Å². The summed E-state index contributed by atoms with van der Waals surface area (Å²) < 4.78 is 35.4. The van der Waals surface area contributed by atoms with E-state index in [1.54, 1.807) is 33.7 Å². The zero-order chi connectivity index (χ0) is 25.3. The van der Waals surface area contributed by atoms with Crippen LogP contribution in [0.2, 0.25) is 0 Å². The van der Waals surface area contributed by atoms with Gasteiger partial charge in [0.2, 0.25) is 0 Å². The molecule has 1 fully saturated rings. The lowest BCUT2D eigenvalue weighted by Gasteiger charge is -2.42. The van der Waals surface area contributed by atoms with E-state index in [2.05, 4.69) is 4.72 Å². The second-order valence-electron chi connectivity index (χ2n) is 9.00. The highest BCUT2D eigenvalue weighted by atomic mass is 32.2. The Morgan fingerprint density at radius 3 is 2.56 bits per heavy atom. The van der Waals surface area contributed by atoms with Crippen molar-refractivity contribution in [1.82, 2.24) is 9.47 Å². The molecular weight excluding hydrogens is 480 g/mol. The summed E-state index contributed by atoms with van der Waals surface area (Å²) in [5, 5.41) is 9.26. The van der Waals surface area contributed by atoms with E-state index in [9.17, 15) is 23.3 Å². The average molecular weight is 505 g/mol. The number of likely N-dealkylation sites (tertiary alicyclic amines) is 1. The van der Waals surface area contributed by atoms with Gasteiger partial charge in [0.15, 0.2) is 6.61 Å². The minimum atomic E-state index is -4.13. The molecule has 0 radical (unpaired) electrons. The first-order chi connectivity index (χ1) is 17.4. The minimum absolute atomic E-state index is 0.00130. The van der Waals surface area contributed by atoms with Crippen molar-refractivity contribution >= 4 is 21.6 Å². The molecule has 2 unspecified atom stereocenters. The van der Waals surface area contributed by atoms with Crippen molar-refractivity contribution in [3.8, 4) is 11.8 Å². The summed E-state index contributed by atoms with van der Waals surface area (Å²) in [5.74, 6) is 0.564. The third-order valence-corrected chi connectivity index (χ3v) is 8.03. The van der Waals surface area contributed by atoms with Gasteiger partial charge in [0.1, 0.15) is 22.4 Å². The second-order valence-corrected chi connectivity index (χ2v) is 10.7. The molecule has 10 heteroatoms. The van der Waals surface area contributed by atoms with Gasteiger partial charge in [0, 0.05) is 31.2 Å². The summed E-state index contributed by atoms with van der Waals surface area (Å²) in [5.41, 5.74) is 0.264. The van der Waals surface area contributed by atoms with E-state index >= 15 is 0 Å². The number of hydrogen-bond acceptors (Lipinski definition) is 6. The van der Waals surface area contributed by atoms with Crippen molar-refractivity contribution in [2.24, 2.45) is 5.92 Å². The highest BCUT2D eigenvalue weighted by Crippen LogP contribution is 2.35. The van der Waals surface area contributed by atoms with Gasteiger partial charge in [-0.25, -0.2) is 8.42 Å². The number of para-hydroxylation sites is 1. The van der Waals surface area contributed by atoms with Crippen molar-refractivity contribution in [3.05, 3.63) is 88.3 Å². The molecular formula is C26H24N4O5S. The molecule has 2 aromatic carbocycles. The number of aromatic nitrogens is 1. The fourth-order valence-corrected chi connectivity index (χ4v) is 6.19. The van der Waals surface area contributed by atoms with Crippen molar-refractivity contribution in [2.75, 3.05) is 24.4 Å². The number of nitrogens with one attached hydrogen (secondary N) is 1. The van der Waals surface area contributed by atoms with Crippen LogP contribution in [0.15, 0.2) is 76.4 Å². The van der Waals surface area contributed by atoms with E-state index in [0.29, 0.717) is 25.4 Å². The van der Waals surface area contributed by atoms with Gasteiger partial charge in [-0.2, -0.15) is 5.26 Å². The Hall–Kier alpha value is -4.10. The molecule has 1 amide bonds. The number of piperidine rings is 1. The van der Waals surface area contributed by atoms with E-state index in [-0.39, 0.29) is 40.5 Å². The Bertz CT molecular complexity index is 1510. The normalized spacial score (nSPS) is 18.6. The predicted molar refractivity (Wildman–Crippen MR) is 132 cm³/mol. The summed E-state index contributed by atoms with van der Waals surface area (Å²) in [6.45, 7) is 1.30. The standard InChI is InChI=1S/C26H24N4O5S/c27-13-19-6-4-5-9-24(19)36(33,34)28-22-10-11-23-20-12-18(15-30(23)26(22)32)14-29(16-20)25(31)17-35-21-7-2-1-3-8-21/h1-11,18,20,28H,12,14-17H2. The number of carbonyl (C=O) groups is 1. The van der Waals surface area contributed by atoms with Gasteiger partial charge in [0.05, 0.1) is 5.56 Å². The fourth-order valence-electron chi connectivity index (χ4n) is 4.97. The van der Waals surface area contributed by atoms with Crippen LogP contribution in [-0.2, 0) is 21.4 Å². The highest BCUT2D eigenvalue weighted by Gasteiger charge is 2.37. The van der Waals surface area contributed by atoms with E-state index in [4.69, 9.17) is 4.74 Å². The third-order valence-electron chi connectivity index (χ3n) is 6.60. The molecule has 3 heterocycles. The summed E-state index contributed by atoms with van der Waals surface area (Å²) in [6, 6.07) is 20.1. The molecule has 2 bridgehead atoms. The molecule has 36 heavy (non-hydrogen) atoms. The molecule has 0 saturated carbocycles.